The highest BCUT2D eigenvalue weighted by Crippen LogP contribution is 2.10. The summed E-state index contributed by atoms with van der Waals surface area (Å²) in [6, 6.07) is 14.5. The van der Waals surface area contributed by atoms with Crippen LogP contribution in [0.2, 0.25) is 0 Å². The fourth-order valence-corrected chi connectivity index (χ4v) is 7.33. The summed E-state index contributed by atoms with van der Waals surface area (Å²) in [5.41, 5.74) is 18.5. The van der Waals surface area contributed by atoms with Crippen LogP contribution in [-0.4, -0.2) is 148 Å². The molecule has 0 aliphatic heterocycles. The normalized spacial score (nSPS) is 13.9. The summed E-state index contributed by atoms with van der Waals surface area (Å²) in [6.45, 7) is 1.91. The fourth-order valence-electron chi connectivity index (χ4n) is 7.33. The Morgan fingerprint density at radius 2 is 0.857 bits per heavy atom. The highest BCUT2D eigenvalue weighted by molar-refractivity contribution is 5.97. The minimum absolute atomic E-state index is 0.0223. The highest BCUT2D eigenvalue weighted by Gasteiger charge is 2.32. The lowest BCUT2D eigenvalue weighted by molar-refractivity contribution is -0.142. The summed E-state index contributed by atoms with van der Waals surface area (Å²) in [5, 5.41) is 47.9. The van der Waals surface area contributed by atoms with Crippen LogP contribution >= 0.6 is 0 Å². The summed E-state index contributed by atoms with van der Waals surface area (Å²) in [5.74, 6) is -11.2. The zero-order chi connectivity index (χ0) is 57.0. The van der Waals surface area contributed by atoms with Crippen LogP contribution in [0.15, 0.2) is 96.0 Å². The van der Waals surface area contributed by atoms with Crippen molar-refractivity contribution in [2.75, 3.05) is 13.1 Å². The van der Waals surface area contributed by atoms with Gasteiger partial charge < -0.3 is 75.1 Å². The minimum atomic E-state index is -1.54. The SMILES string of the molecule is C[C@H](NC(=O)[C@H](CCCN=C(N)N)NC(=O)CNC(=O)[C@H](Cc1ccccc1)NC(=O)[C@H](CCC(=O)O)NC(=O)[C@@H](N)CCC(=O)O)C(=O)N[C@@H](Cc1ccccc1)C(=O)N[C@@H](C)C(=O)N[C@@H](Cc1ccccc1)C(=O)O. The van der Waals surface area contributed by atoms with Crippen LogP contribution in [0.5, 0.6) is 0 Å². The van der Waals surface area contributed by atoms with Gasteiger partial charge in [-0.25, -0.2) is 4.79 Å². The van der Waals surface area contributed by atoms with Gasteiger partial charge in [-0.15, -0.1) is 0 Å². The maximum Gasteiger partial charge on any atom is 0.326 e. The van der Waals surface area contributed by atoms with Gasteiger partial charge in [-0.2, -0.15) is 0 Å². The van der Waals surface area contributed by atoms with Gasteiger partial charge >= 0.3 is 17.9 Å². The number of aliphatic imine (C=N–C) groups is 1. The predicted molar refractivity (Wildman–Crippen MR) is 278 cm³/mol. The number of hydrogen-bond donors (Lipinski definition) is 14. The Kier molecular flexibility index (Phi) is 26.2. The molecule has 0 aliphatic rings. The van der Waals surface area contributed by atoms with Crippen LogP contribution in [0, 0.1) is 0 Å². The van der Waals surface area contributed by atoms with E-state index in [1.165, 1.54) is 13.8 Å². The number of hydrogen-bond acceptors (Lipinski definition) is 13. The van der Waals surface area contributed by atoms with E-state index >= 15 is 0 Å². The van der Waals surface area contributed by atoms with Crippen molar-refractivity contribution in [1.29, 1.82) is 0 Å². The molecule has 8 atom stereocenters. The van der Waals surface area contributed by atoms with E-state index in [-0.39, 0.29) is 51.0 Å². The number of benzene rings is 3. The summed E-state index contributed by atoms with van der Waals surface area (Å²) in [7, 11) is 0. The van der Waals surface area contributed by atoms with E-state index in [0.29, 0.717) is 16.7 Å². The van der Waals surface area contributed by atoms with Crippen LogP contribution in [0.4, 0.5) is 0 Å². The Morgan fingerprint density at radius 3 is 1.32 bits per heavy atom. The molecular weight excluding hydrogens is 1000 g/mol. The first-order valence-corrected chi connectivity index (χ1v) is 24.5. The molecule has 3 rings (SSSR count). The number of nitrogens with two attached hydrogens (primary N) is 3. The van der Waals surface area contributed by atoms with Gasteiger partial charge in [0, 0.05) is 38.6 Å². The minimum Gasteiger partial charge on any atom is -0.481 e. The number of amides is 8. The lowest BCUT2D eigenvalue weighted by Crippen LogP contribution is -2.59. The monoisotopic (exact) mass is 1070 g/mol. The Balaban J connectivity index is 1.75. The Labute approximate surface area is 443 Å². The lowest BCUT2D eigenvalue weighted by Gasteiger charge is -2.25. The van der Waals surface area contributed by atoms with Gasteiger partial charge in [0.15, 0.2) is 5.96 Å². The molecule has 0 saturated carbocycles. The molecule has 3 aromatic rings. The molecule has 0 fully saturated rings. The largest absolute Gasteiger partial charge is 0.481 e. The molecule has 0 radical (unpaired) electrons. The standard InChI is InChI=1S/C51H68N12O14/c1-29(43(69)61-38(26-32-15-8-4-9-16-32)49(75)58-30(2)44(70)63-39(50(76)77)27-33-17-10-5-11-18-33)57-47(73)35(19-12-24-55-51(53)54)59-40(64)28-56-46(72)37(25-31-13-6-3-7-14-31)62-48(74)36(21-23-42(67)68)60-45(71)34(52)20-22-41(65)66/h3-11,13-18,29-30,34-39H,12,19-28,52H2,1-2H3,(H,56,72)(H,57,73)(H,58,75)(H,59,64)(H,60,71)(H,61,69)(H,62,74)(H,63,70)(H,65,66)(H,67,68)(H,76,77)(H4,53,54,55)/t29-,30-,34-,35-,36-,37-,38-,39-/m0/s1. The second-order valence-electron chi connectivity index (χ2n) is 17.9. The highest BCUT2D eigenvalue weighted by atomic mass is 16.4. The maximum absolute atomic E-state index is 13.8. The quantitative estimate of drug-likeness (QED) is 0.0170. The molecule has 3 aromatic carbocycles. The summed E-state index contributed by atoms with van der Waals surface area (Å²) >= 11 is 0. The van der Waals surface area contributed by atoms with Gasteiger partial charge in [-0.3, -0.25) is 52.9 Å². The number of carboxylic acid groups (broad SMARTS) is 3. The van der Waals surface area contributed by atoms with Crippen molar-refractivity contribution in [2.24, 2.45) is 22.2 Å². The third-order valence-electron chi connectivity index (χ3n) is 11.5. The van der Waals surface area contributed by atoms with Crippen molar-refractivity contribution in [3.8, 4) is 0 Å². The van der Waals surface area contributed by atoms with Crippen LogP contribution in [0.3, 0.4) is 0 Å². The molecule has 26 nitrogen and oxygen atoms in total. The predicted octanol–water partition coefficient (Wildman–Crippen LogP) is -2.54. The number of carboxylic acids is 3. The number of aliphatic carboxylic acids is 3. The maximum atomic E-state index is 13.8. The van der Waals surface area contributed by atoms with Crippen LogP contribution < -0.4 is 59.7 Å². The second kappa shape index (κ2) is 32.4. The first-order valence-electron chi connectivity index (χ1n) is 24.5. The lowest BCUT2D eigenvalue weighted by atomic mass is 10.0. The third-order valence-corrected chi connectivity index (χ3v) is 11.5. The van der Waals surface area contributed by atoms with E-state index in [9.17, 15) is 63.0 Å². The number of carbonyl (C=O) groups excluding carboxylic acids is 8. The van der Waals surface area contributed by atoms with Gasteiger partial charge in [0.05, 0.1) is 12.6 Å². The first-order chi connectivity index (χ1) is 36.5. The van der Waals surface area contributed by atoms with E-state index < -0.39 is 139 Å². The van der Waals surface area contributed by atoms with Gasteiger partial charge in [0.25, 0.3) is 0 Å². The molecule has 8 amide bonds. The number of carbonyl (C=O) groups is 11. The molecule has 77 heavy (non-hydrogen) atoms. The molecule has 0 spiro atoms. The van der Waals surface area contributed by atoms with E-state index in [0.717, 1.165) is 0 Å². The smallest absolute Gasteiger partial charge is 0.326 e. The van der Waals surface area contributed by atoms with E-state index in [1.807, 2.05) is 0 Å². The molecule has 0 unspecified atom stereocenters. The van der Waals surface area contributed by atoms with Crippen molar-refractivity contribution in [1.82, 2.24) is 42.5 Å². The Hall–Kier alpha value is -8.94. The topological polar surface area (TPSA) is 435 Å². The molecule has 0 bridgehead atoms. The van der Waals surface area contributed by atoms with Crippen LogP contribution in [0.25, 0.3) is 0 Å². The van der Waals surface area contributed by atoms with Crippen LogP contribution in [0.1, 0.15) is 69.1 Å². The molecule has 26 heteroatoms. The molecule has 0 saturated heterocycles. The van der Waals surface area contributed by atoms with Crippen molar-refractivity contribution in [3.05, 3.63) is 108 Å². The zero-order valence-corrected chi connectivity index (χ0v) is 42.6. The Bertz CT molecular complexity index is 2530. The average Bonchev–Trinajstić information content (AvgIpc) is 3.38. The van der Waals surface area contributed by atoms with Crippen molar-refractivity contribution in [3.63, 3.8) is 0 Å². The average molecular weight is 1070 g/mol. The van der Waals surface area contributed by atoms with Gasteiger partial charge in [0.2, 0.25) is 47.3 Å². The van der Waals surface area contributed by atoms with Gasteiger partial charge in [-0.05, 0) is 56.2 Å². The van der Waals surface area contributed by atoms with Gasteiger partial charge in [-0.1, -0.05) is 91.0 Å². The van der Waals surface area contributed by atoms with Crippen molar-refractivity contribution < 1.29 is 68.1 Å². The number of rotatable bonds is 33. The molecule has 0 aromatic heterocycles. The first kappa shape index (κ1) is 62.4. The molecule has 0 heterocycles. The molecular formula is C51H68N12O14. The second-order valence-corrected chi connectivity index (χ2v) is 17.9. The fraction of sp³-hybridized carbons (Fsp3) is 0.412. The van der Waals surface area contributed by atoms with Crippen molar-refractivity contribution in [2.45, 2.75) is 120 Å². The zero-order valence-electron chi connectivity index (χ0n) is 42.6. The number of guanidine groups is 1. The summed E-state index contributed by atoms with van der Waals surface area (Å²) in [4.78, 5) is 147. The van der Waals surface area contributed by atoms with E-state index in [2.05, 4.69) is 47.5 Å². The van der Waals surface area contributed by atoms with Crippen molar-refractivity contribution >= 4 is 71.1 Å². The summed E-state index contributed by atoms with van der Waals surface area (Å²) in [6.07, 6.45) is -2.02. The number of nitrogens with one attached hydrogen (secondary N) is 8. The number of nitrogens with zero attached hydrogens (tertiary/aromatic N) is 1. The molecule has 0 aliphatic carbocycles. The molecule has 416 valence electrons. The van der Waals surface area contributed by atoms with Crippen LogP contribution in [-0.2, 0) is 72.0 Å². The van der Waals surface area contributed by atoms with Gasteiger partial charge in [0.1, 0.15) is 42.3 Å². The summed E-state index contributed by atoms with van der Waals surface area (Å²) < 4.78 is 0. The van der Waals surface area contributed by atoms with E-state index in [1.54, 1.807) is 91.0 Å². The van der Waals surface area contributed by atoms with E-state index in [4.69, 9.17) is 22.3 Å². The molecule has 17 N–H and O–H groups in total. The Morgan fingerprint density at radius 1 is 0.468 bits per heavy atom. The third kappa shape index (κ3) is 23.9.